The molecule has 24 heavy (non-hydrogen) atoms. The topological polar surface area (TPSA) is 60.0 Å². The van der Waals surface area contributed by atoms with Crippen molar-refractivity contribution in [1.82, 2.24) is 5.32 Å². The monoisotopic (exact) mass is 327 g/mol. The average Bonchev–Trinajstić information content (AvgIpc) is 2.64. The predicted octanol–water partition coefficient (Wildman–Crippen LogP) is 2.61. The number of methoxy groups -OCH3 is 3. The van der Waals surface area contributed by atoms with Crippen LogP contribution in [0.5, 0.6) is 17.2 Å². The van der Waals surface area contributed by atoms with E-state index in [1.54, 1.807) is 21.3 Å². The van der Waals surface area contributed by atoms with Crippen LogP contribution in [0.1, 0.15) is 28.8 Å². The van der Waals surface area contributed by atoms with Gasteiger partial charge in [0.1, 0.15) is 0 Å². The van der Waals surface area contributed by atoms with Gasteiger partial charge in [-0.1, -0.05) is 24.3 Å². The third-order valence-electron chi connectivity index (χ3n) is 5.04. The smallest absolute Gasteiger partial charge is 0.204 e. The summed E-state index contributed by atoms with van der Waals surface area (Å²) in [5.74, 6) is 1.97. The van der Waals surface area contributed by atoms with E-state index in [4.69, 9.17) is 14.2 Å². The summed E-state index contributed by atoms with van der Waals surface area (Å²) in [4.78, 5) is 0. The predicted molar refractivity (Wildman–Crippen MR) is 90.9 cm³/mol. The standard InChI is InChI=1S/C19H21NO4/c1-22-17-12-8-9-20-15-13(12)14(18(23-2)19(17)24-3)10-6-4-5-7-11(10)16(15)21/h4-7,15-16,20-21H,8-9H2,1-3H3. The van der Waals surface area contributed by atoms with Gasteiger partial charge < -0.3 is 24.6 Å². The van der Waals surface area contributed by atoms with Crippen molar-refractivity contribution < 1.29 is 19.3 Å². The fourth-order valence-electron chi connectivity index (χ4n) is 4.09. The fourth-order valence-corrected chi connectivity index (χ4v) is 4.09. The molecule has 0 aromatic heterocycles. The molecule has 0 saturated heterocycles. The lowest BCUT2D eigenvalue weighted by Gasteiger charge is -2.39. The molecule has 126 valence electrons. The van der Waals surface area contributed by atoms with Crippen molar-refractivity contribution in [2.24, 2.45) is 0 Å². The molecule has 0 fully saturated rings. The second-order valence-electron chi connectivity index (χ2n) is 6.08. The normalized spacial score (nSPS) is 20.8. The molecule has 0 bridgehead atoms. The van der Waals surface area contributed by atoms with Crippen LogP contribution in [0.3, 0.4) is 0 Å². The molecular weight excluding hydrogens is 306 g/mol. The van der Waals surface area contributed by atoms with Crippen LogP contribution in [0, 0.1) is 0 Å². The first-order chi connectivity index (χ1) is 11.7. The van der Waals surface area contributed by atoms with Gasteiger partial charge >= 0.3 is 0 Å². The van der Waals surface area contributed by atoms with Crippen LogP contribution < -0.4 is 19.5 Å². The Morgan fingerprint density at radius 3 is 2.42 bits per heavy atom. The van der Waals surface area contributed by atoms with E-state index < -0.39 is 6.10 Å². The van der Waals surface area contributed by atoms with Crippen LogP contribution in [0.15, 0.2) is 24.3 Å². The van der Waals surface area contributed by atoms with Crippen molar-refractivity contribution in [3.05, 3.63) is 41.0 Å². The molecule has 4 rings (SSSR count). The Bertz CT molecular complexity index is 802. The molecular formula is C19H21NO4. The summed E-state index contributed by atoms with van der Waals surface area (Å²) in [6.07, 6.45) is 0.215. The molecule has 1 heterocycles. The summed E-state index contributed by atoms with van der Waals surface area (Å²) < 4.78 is 17.0. The Kier molecular flexibility index (Phi) is 3.62. The molecule has 2 atom stereocenters. The van der Waals surface area contributed by atoms with Crippen molar-refractivity contribution in [2.45, 2.75) is 18.6 Å². The number of aliphatic hydroxyl groups excluding tert-OH is 1. The summed E-state index contributed by atoms with van der Waals surface area (Å²) in [6.45, 7) is 0.780. The van der Waals surface area contributed by atoms with Gasteiger partial charge in [-0.3, -0.25) is 0 Å². The van der Waals surface area contributed by atoms with Gasteiger partial charge in [0, 0.05) is 11.1 Å². The molecule has 5 nitrogen and oxygen atoms in total. The highest BCUT2D eigenvalue weighted by Crippen LogP contribution is 2.57. The van der Waals surface area contributed by atoms with Gasteiger partial charge in [0.15, 0.2) is 11.5 Å². The van der Waals surface area contributed by atoms with E-state index in [2.05, 4.69) is 5.32 Å². The summed E-state index contributed by atoms with van der Waals surface area (Å²) in [5.41, 5.74) is 5.02. The summed E-state index contributed by atoms with van der Waals surface area (Å²) >= 11 is 0. The number of hydrogen-bond donors (Lipinski definition) is 2. The first kappa shape index (κ1) is 15.3. The van der Waals surface area contributed by atoms with E-state index in [-0.39, 0.29) is 6.04 Å². The summed E-state index contributed by atoms with van der Waals surface area (Å²) in [6, 6.07) is 7.74. The Balaban J connectivity index is 2.15. The number of fused-ring (bicyclic) bond motifs is 2. The number of hydrogen-bond acceptors (Lipinski definition) is 5. The number of benzene rings is 2. The van der Waals surface area contributed by atoms with Crippen LogP contribution in [-0.4, -0.2) is 33.0 Å². The fraction of sp³-hybridized carbons (Fsp3) is 0.368. The van der Waals surface area contributed by atoms with Crippen molar-refractivity contribution in [1.29, 1.82) is 0 Å². The molecule has 0 spiro atoms. The van der Waals surface area contributed by atoms with Gasteiger partial charge in [0.2, 0.25) is 5.75 Å². The summed E-state index contributed by atoms with van der Waals surface area (Å²) in [7, 11) is 4.91. The highest BCUT2D eigenvalue weighted by atomic mass is 16.5. The van der Waals surface area contributed by atoms with Gasteiger partial charge in [-0.15, -0.1) is 0 Å². The molecule has 2 unspecified atom stereocenters. The number of ether oxygens (including phenoxy) is 3. The lowest BCUT2D eigenvalue weighted by Crippen LogP contribution is -2.37. The second-order valence-corrected chi connectivity index (χ2v) is 6.08. The minimum absolute atomic E-state index is 0.174. The quantitative estimate of drug-likeness (QED) is 0.907. The molecule has 0 saturated carbocycles. The van der Waals surface area contributed by atoms with Gasteiger partial charge in [-0.05, 0) is 29.7 Å². The maximum absolute atomic E-state index is 10.9. The van der Waals surface area contributed by atoms with Crippen LogP contribution in [0.25, 0.3) is 11.1 Å². The van der Waals surface area contributed by atoms with Crippen LogP contribution >= 0.6 is 0 Å². The summed E-state index contributed by atoms with van der Waals surface area (Å²) in [5, 5.41) is 14.4. The van der Waals surface area contributed by atoms with E-state index in [1.165, 1.54) is 0 Å². The van der Waals surface area contributed by atoms with Crippen molar-refractivity contribution in [3.8, 4) is 28.4 Å². The molecule has 2 aromatic rings. The number of aliphatic hydroxyl groups is 1. The molecule has 1 aliphatic heterocycles. The third-order valence-corrected chi connectivity index (χ3v) is 5.04. The zero-order chi connectivity index (χ0) is 16.8. The average molecular weight is 327 g/mol. The second kappa shape index (κ2) is 5.69. The Morgan fingerprint density at radius 2 is 1.71 bits per heavy atom. The molecule has 1 aliphatic carbocycles. The molecule has 0 radical (unpaired) electrons. The van der Waals surface area contributed by atoms with Gasteiger partial charge in [0.05, 0.1) is 33.5 Å². The van der Waals surface area contributed by atoms with Gasteiger partial charge in [-0.25, -0.2) is 0 Å². The maximum Gasteiger partial charge on any atom is 0.204 e. The van der Waals surface area contributed by atoms with Crippen LogP contribution in [0.2, 0.25) is 0 Å². The SMILES string of the molecule is COc1c2c3c(c(OC)c1OC)-c1ccccc1C(O)C3NCC2. The van der Waals surface area contributed by atoms with E-state index in [0.29, 0.717) is 17.2 Å². The van der Waals surface area contributed by atoms with Crippen LogP contribution in [-0.2, 0) is 6.42 Å². The van der Waals surface area contributed by atoms with Crippen LogP contribution in [0.4, 0.5) is 0 Å². The maximum atomic E-state index is 10.9. The molecule has 2 aliphatic rings. The van der Waals surface area contributed by atoms with E-state index in [1.807, 2.05) is 24.3 Å². The Hall–Kier alpha value is -2.24. The molecule has 2 aromatic carbocycles. The van der Waals surface area contributed by atoms with E-state index >= 15 is 0 Å². The first-order valence-corrected chi connectivity index (χ1v) is 8.08. The number of rotatable bonds is 3. The van der Waals surface area contributed by atoms with Crippen molar-refractivity contribution in [2.75, 3.05) is 27.9 Å². The minimum Gasteiger partial charge on any atom is -0.492 e. The zero-order valence-electron chi connectivity index (χ0n) is 14.1. The molecule has 2 N–H and O–H groups in total. The van der Waals surface area contributed by atoms with E-state index in [0.717, 1.165) is 40.8 Å². The lowest BCUT2D eigenvalue weighted by molar-refractivity contribution is 0.123. The zero-order valence-corrected chi connectivity index (χ0v) is 14.1. The lowest BCUT2D eigenvalue weighted by atomic mass is 9.75. The highest BCUT2D eigenvalue weighted by Gasteiger charge is 2.41. The minimum atomic E-state index is -0.601. The molecule has 5 heteroatoms. The highest BCUT2D eigenvalue weighted by molar-refractivity contribution is 5.86. The number of nitrogens with one attached hydrogen (secondary N) is 1. The third kappa shape index (κ3) is 1.88. The Labute approximate surface area is 141 Å². The molecule has 0 amide bonds. The largest absolute Gasteiger partial charge is 0.492 e. The van der Waals surface area contributed by atoms with Gasteiger partial charge in [0.25, 0.3) is 0 Å². The van der Waals surface area contributed by atoms with Crippen molar-refractivity contribution in [3.63, 3.8) is 0 Å². The van der Waals surface area contributed by atoms with Crippen molar-refractivity contribution >= 4 is 0 Å². The van der Waals surface area contributed by atoms with E-state index in [9.17, 15) is 5.11 Å². The Morgan fingerprint density at radius 1 is 1.00 bits per heavy atom. The van der Waals surface area contributed by atoms with Gasteiger partial charge in [-0.2, -0.15) is 0 Å². The first-order valence-electron chi connectivity index (χ1n) is 8.08.